The Hall–Kier alpha value is -2.24. The summed E-state index contributed by atoms with van der Waals surface area (Å²) in [5, 5.41) is 7.40. The molecule has 4 nitrogen and oxygen atoms in total. The van der Waals surface area contributed by atoms with E-state index in [-0.39, 0.29) is 5.91 Å². The molecule has 0 saturated heterocycles. The van der Waals surface area contributed by atoms with Crippen LogP contribution in [0.5, 0.6) is 0 Å². The van der Waals surface area contributed by atoms with E-state index in [2.05, 4.69) is 14.9 Å². The van der Waals surface area contributed by atoms with Crippen molar-refractivity contribution in [2.24, 2.45) is 0 Å². The van der Waals surface area contributed by atoms with Crippen LogP contribution < -0.4 is 5.32 Å². The van der Waals surface area contributed by atoms with E-state index in [1.165, 1.54) is 0 Å². The lowest BCUT2D eigenvalue weighted by molar-refractivity contribution is 0.103. The van der Waals surface area contributed by atoms with Crippen LogP contribution in [-0.2, 0) is 0 Å². The van der Waals surface area contributed by atoms with E-state index in [9.17, 15) is 4.79 Å². The van der Waals surface area contributed by atoms with Gasteiger partial charge in [-0.05, 0) is 55.2 Å². The molecule has 1 amide bonds. The predicted molar refractivity (Wildman–Crippen MR) is 94.2 cm³/mol. The number of nitrogens with zero attached hydrogens (tertiary/aromatic N) is 2. The van der Waals surface area contributed by atoms with E-state index in [4.69, 9.17) is 11.6 Å². The minimum atomic E-state index is -0.196. The van der Waals surface area contributed by atoms with Crippen LogP contribution in [0.1, 0.15) is 20.9 Å². The zero-order chi connectivity index (χ0) is 16.4. The van der Waals surface area contributed by atoms with Crippen molar-refractivity contribution in [3.05, 3.63) is 63.6 Å². The highest BCUT2D eigenvalue weighted by Crippen LogP contribution is 2.29. The number of benzene rings is 2. The van der Waals surface area contributed by atoms with E-state index in [0.29, 0.717) is 15.6 Å². The van der Waals surface area contributed by atoms with Crippen molar-refractivity contribution in [3.63, 3.8) is 0 Å². The van der Waals surface area contributed by atoms with Gasteiger partial charge in [0.05, 0.1) is 5.69 Å². The van der Waals surface area contributed by atoms with Gasteiger partial charge in [0.15, 0.2) is 0 Å². The van der Waals surface area contributed by atoms with Gasteiger partial charge in [0.2, 0.25) is 0 Å². The quantitative estimate of drug-likeness (QED) is 0.748. The van der Waals surface area contributed by atoms with Gasteiger partial charge in [-0.3, -0.25) is 4.79 Å². The Balaban J connectivity index is 1.81. The van der Waals surface area contributed by atoms with Crippen LogP contribution in [-0.4, -0.2) is 15.5 Å². The number of nitrogens with one attached hydrogen (secondary N) is 1. The van der Waals surface area contributed by atoms with Crippen molar-refractivity contribution in [2.45, 2.75) is 13.8 Å². The van der Waals surface area contributed by atoms with E-state index in [1.54, 1.807) is 6.92 Å². The van der Waals surface area contributed by atoms with Crippen molar-refractivity contribution in [1.29, 1.82) is 0 Å². The number of carbonyl (C=O) groups excluding carboxylic acids is 1. The highest BCUT2D eigenvalue weighted by atomic mass is 35.5. The third-order valence-corrected chi connectivity index (χ3v) is 4.59. The summed E-state index contributed by atoms with van der Waals surface area (Å²) in [4.78, 5) is 12.7. The summed E-state index contributed by atoms with van der Waals surface area (Å²) in [6.45, 7) is 3.79. The molecular weight excluding hydrogens is 330 g/mol. The molecule has 0 spiro atoms. The normalized spacial score (nSPS) is 10.6. The molecule has 0 aliphatic heterocycles. The summed E-state index contributed by atoms with van der Waals surface area (Å²) in [7, 11) is 0. The summed E-state index contributed by atoms with van der Waals surface area (Å²) >= 11 is 7.35. The molecule has 0 bridgehead atoms. The van der Waals surface area contributed by atoms with Gasteiger partial charge in [0, 0.05) is 16.3 Å². The molecular formula is C17H14ClN3OS. The molecule has 0 aliphatic rings. The summed E-state index contributed by atoms with van der Waals surface area (Å²) in [6.07, 6.45) is 0. The molecule has 0 unspecified atom stereocenters. The standard InChI is InChI=1S/C17H14ClN3OS/c1-10-3-8-15(18)14(9-10)12-4-6-13(7-5-12)19-17(22)16-11(2)20-21-23-16/h3-9H,1-2H3,(H,19,22). The minimum Gasteiger partial charge on any atom is -0.321 e. The average molecular weight is 344 g/mol. The molecule has 2 aromatic carbocycles. The Morgan fingerprint density at radius 2 is 1.87 bits per heavy atom. The maximum absolute atomic E-state index is 12.1. The van der Waals surface area contributed by atoms with E-state index >= 15 is 0 Å². The molecule has 116 valence electrons. The van der Waals surface area contributed by atoms with Gasteiger partial charge in [-0.15, -0.1) is 5.10 Å². The smallest absolute Gasteiger partial charge is 0.269 e. The van der Waals surface area contributed by atoms with E-state index in [1.807, 2.05) is 49.4 Å². The van der Waals surface area contributed by atoms with Crippen LogP contribution in [0.4, 0.5) is 5.69 Å². The van der Waals surface area contributed by atoms with Crippen molar-refractivity contribution in [1.82, 2.24) is 9.59 Å². The fraction of sp³-hybridized carbons (Fsp3) is 0.118. The minimum absolute atomic E-state index is 0.196. The molecule has 23 heavy (non-hydrogen) atoms. The van der Waals surface area contributed by atoms with Gasteiger partial charge in [-0.2, -0.15) is 0 Å². The van der Waals surface area contributed by atoms with Crippen LogP contribution >= 0.6 is 23.1 Å². The summed E-state index contributed by atoms with van der Waals surface area (Å²) in [6, 6.07) is 13.5. The number of aromatic nitrogens is 2. The fourth-order valence-corrected chi connectivity index (χ4v) is 3.00. The number of rotatable bonds is 3. The molecule has 6 heteroatoms. The van der Waals surface area contributed by atoms with Crippen LogP contribution in [0.15, 0.2) is 42.5 Å². The molecule has 0 saturated carbocycles. The Bertz CT molecular complexity index is 859. The van der Waals surface area contributed by atoms with Crippen LogP contribution in [0.25, 0.3) is 11.1 Å². The van der Waals surface area contributed by atoms with Crippen LogP contribution in [0.2, 0.25) is 5.02 Å². The Morgan fingerprint density at radius 3 is 2.52 bits per heavy atom. The zero-order valence-electron chi connectivity index (χ0n) is 12.6. The average Bonchev–Trinajstić information content (AvgIpc) is 2.97. The second-order valence-electron chi connectivity index (χ2n) is 5.20. The molecule has 1 heterocycles. The topological polar surface area (TPSA) is 54.9 Å². The Morgan fingerprint density at radius 1 is 1.13 bits per heavy atom. The lowest BCUT2D eigenvalue weighted by Crippen LogP contribution is -2.11. The second kappa shape index (κ2) is 6.48. The molecule has 0 atom stereocenters. The molecule has 3 rings (SSSR count). The molecule has 1 aromatic heterocycles. The third-order valence-electron chi connectivity index (χ3n) is 3.43. The lowest BCUT2D eigenvalue weighted by Gasteiger charge is -2.08. The molecule has 1 N–H and O–H groups in total. The first kappa shape index (κ1) is 15.6. The monoisotopic (exact) mass is 343 g/mol. The number of amides is 1. The number of anilines is 1. The molecule has 0 radical (unpaired) electrons. The highest BCUT2D eigenvalue weighted by molar-refractivity contribution is 7.08. The van der Waals surface area contributed by atoms with Gasteiger partial charge in [-0.1, -0.05) is 39.9 Å². The Kier molecular flexibility index (Phi) is 4.41. The molecule has 0 aliphatic carbocycles. The molecule has 0 fully saturated rings. The lowest BCUT2D eigenvalue weighted by atomic mass is 10.0. The van der Waals surface area contributed by atoms with Gasteiger partial charge in [-0.25, -0.2) is 0 Å². The first-order valence-electron chi connectivity index (χ1n) is 7.01. The van der Waals surface area contributed by atoms with Crippen molar-refractivity contribution in [3.8, 4) is 11.1 Å². The third kappa shape index (κ3) is 3.41. The fourth-order valence-electron chi connectivity index (χ4n) is 2.22. The Labute approximate surface area is 143 Å². The number of halogens is 1. The van der Waals surface area contributed by atoms with Gasteiger partial charge in [0.25, 0.3) is 5.91 Å². The number of carbonyl (C=O) groups is 1. The summed E-state index contributed by atoms with van der Waals surface area (Å²) in [5.74, 6) is -0.196. The van der Waals surface area contributed by atoms with Crippen LogP contribution in [0.3, 0.4) is 0 Å². The summed E-state index contributed by atoms with van der Waals surface area (Å²) in [5.41, 5.74) is 4.49. The predicted octanol–water partition coefficient (Wildman–Crippen LogP) is 4.73. The van der Waals surface area contributed by atoms with Gasteiger partial charge >= 0.3 is 0 Å². The highest BCUT2D eigenvalue weighted by Gasteiger charge is 2.13. The van der Waals surface area contributed by atoms with Crippen molar-refractivity contribution in [2.75, 3.05) is 5.32 Å². The van der Waals surface area contributed by atoms with E-state index < -0.39 is 0 Å². The largest absolute Gasteiger partial charge is 0.321 e. The SMILES string of the molecule is Cc1ccc(Cl)c(-c2ccc(NC(=O)c3snnc3C)cc2)c1. The second-order valence-corrected chi connectivity index (χ2v) is 6.36. The summed E-state index contributed by atoms with van der Waals surface area (Å²) < 4.78 is 3.77. The zero-order valence-corrected chi connectivity index (χ0v) is 14.2. The maximum Gasteiger partial charge on any atom is 0.269 e. The van der Waals surface area contributed by atoms with Crippen molar-refractivity contribution < 1.29 is 4.79 Å². The van der Waals surface area contributed by atoms with E-state index in [0.717, 1.165) is 33.9 Å². The number of hydrogen-bond donors (Lipinski definition) is 1. The number of aryl methyl sites for hydroxylation is 2. The first-order valence-corrected chi connectivity index (χ1v) is 8.16. The molecule has 3 aromatic rings. The van der Waals surface area contributed by atoms with Crippen LogP contribution in [0, 0.1) is 13.8 Å². The maximum atomic E-state index is 12.1. The van der Waals surface area contributed by atoms with Gasteiger partial charge in [0.1, 0.15) is 4.88 Å². The number of hydrogen-bond acceptors (Lipinski definition) is 4. The first-order chi connectivity index (χ1) is 11.0. The van der Waals surface area contributed by atoms with Gasteiger partial charge < -0.3 is 5.32 Å². The van der Waals surface area contributed by atoms with Crippen molar-refractivity contribution >= 4 is 34.7 Å².